The predicted octanol–water partition coefficient (Wildman–Crippen LogP) is 4.14. The van der Waals surface area contributed by atoms with Gasteiger partial charge in [0.05, 0.1) is 6.04 Å². The lowest BCUT2D eigenvalue weighted by atomic mass is 9.86. The molecule has 1 amide bonds. The molecule has 19 heavy (non-hydrogen) atoms. The zero-order chi connectivity index (χ0) is 14.2. The summed E-state index contributed by atoms with van der Waals surface area (Å²) in [4.78, 5) is 11.8. The first-order valence-electron chi connectivity index (χ1n) is 6.42. The zero-order valence-electron chi connectivity index (χ0n) is 11.8. The Hall–Kier alpha value is -1.16. The molecule has 0 N–H and O–H groups in total. The van der Waals surface area contributed by atoms with Crippen LogP contribution in [0, 0.1) is 5.41 Å². The predicted molar refractivity (Wildman–Crippen MR) is 80.9 cm³/mol. The lowest BCUT2D eigenvalue weighted by Gasteiger charge is -2.20. The highest BCUT2D eigenvalue weighted by Gasteiger charge is 2.35. The van der Waals surface area contributed by atoms with Crippen molar-refractivity contribution in [1.29, 1.82) is 0 Å². The van der Waals surface area contributed by atoms with Crippen LogP contribution < -0.4 is 0 Å². The van der Waals surface area contributed by atoms with Crippen LogP contribution >= 0.6 is 15.9 Å². The van der Waals surface area contributed by atoms with Gasteiger partial charge in [-0.3, -0.25) is 4.79 Å². The topological polar surface area (TPSA) is 32.7 Å². The van der Waals surface area contributed by atoms with Crippen molar-refractivity contribution >= 4 is 27.5 Å². The Labute approximate surface area is 122 Å². The molecule has 0 aliphatic carbocycles. The highest BCUT2D eigenvalue weighted by molar-refractivity contribution is 9.10. The standard InChI is InChI=1S/C15H19BrN2O/c1-10(19)18-13(9-14(17-18)15(2,3)4)11-5-7-12(16)8-6-11/h5-8,13H,9H2,1-4H3. The van der Waals surface area contributed by atoms with Gasteiger partial charge in [0, 0.05) is 28.9 Å². The van der Waals surface area contributed by atoms with E-state index in [4.69, 9.17) is 0 Å². The molecule has 3 nitrogen and oxygen atoms in total. The molecule has 1 aromatic rings. The SMILES string of the molecule is CC(=O)N1N=C(C(C)(C)C)CC1c1ccc(Br)cc1. The summed E-state index contributed by atoms with van der Waals surface area (Å²) in [7, 11) is 0. The van der Waals surface area contributed by atoms with Crippen molar-refractivity contribution in [2.24, 2.45) is 10.5 Å². The zero-order valence-corrected chi connectivity index (χ0v) is 13.4. The third kappa shape index (κ3) is 3.06. The van der Waals surface area contributed by atoms with Crippen LogP contribution in [0.3, 0.4) is 0 Å². The lowest BCUT2D eigenvalue weighted by molar-refractivity contribution is -0.130. The molecular formula is C15H19BrN2O. The minimum absolute atomic E-state index is 0.00217. The van der Waals surface area contributed by atoms with Gasteiger partial charge in [-0.15, -0.1) is 0 Å². The average Bonchev–Trinajstić information content (AvgIpc) is 2.74. The molecule has 1 unspecified atom stereocenters. The number of carbonyl (C=O) groups is 1. The Bertz CT molecular complexity index is 514. The van der Waals surface area contributed by atoms with Gasteiger partial charge in [-0.2, -0.15) is 5.10 Å². The molecule has 1 aliphatic rings. The summed E-state index contributed by atoms with van der Waals surface area (Å²) in [6, 6.07) is 8.13. The molecule has 4 heteroatoms. The Morgan fingerprint density at radius 2 is 1.89 bits per heavy atom. The van der Waals surface area contributed by atoms with Gasteiger partial charge in [0.15, 0.2) is 0 Å². The Kier molecular flexibility index (Phi) is 3.81. The second-order valence-corrected chi connectivity index (χ2v) is 6.85. The first kappa shape index (κ1) is 14.3. The summed E-state index contributed by atoms with van der Waals surface area (Å²) in [6.45, 7) is 7.97. The van der Waals surface area contributed by atoms with Crippen molar-refractivity contribution in [3.05, 3.63) is 34.3 Å². The molecule has 1 aliphatic heterocycles. The fraction of sp³-hybridized carbons (Fsp3) is 0.467. The van der Waals surface area contributed by atoms with Crippen molar-refractivity contribution in [2.45, 2.75) is 40.2 Å². The van der Waals surface area contributed by atoms with E-state index in [0.29, 0.717) is 0 Å². The maximum Gasteiger partial charge on any atom is 0.240 e. The fourth-order valence-corrected chi connectivity index (χ4v) is 2.46. The van der Waals surface area contributed by atoms with Crippen molar-refractivity contribution in [1.82, 2.24) is 5.01 Å². The maximum atomic E-state index is 11.8. The molecule has 0 radical (unpaired) electrons. The first-order chi connectivity index (χ1) is 8.79. The molecular weight excluding hydrogens is 304 g/mol. The van der Waals surface area contributed by atoms with Crippen LogP contribution in [0.1, 0.15) is 45.7 Å². The monoisotopic (exact) mass is 322 g/mol. The van der Waals surface area contributed by atoms with Gasteiger partial charge < -0.3 is 0 Å². The van der Waals surface area contributed by atoms with Gasteiger partial charge in [0.1, 0.15) is 0 Å². The molecule has 0 saturated heterocycles. The second-order valence-electron chi connectivity index (χ2n) is 5.93. The lowest BCUT2D eigenvalue weighted by Crippen LogP contribution is -2.24. The minimum Gasteiger partial charge on any atom is -0.273 e. The average molecular weight is 323 g/mol. The van der Waals surface area contributed by atoms with Gasteiger partial charge >= 0.3 is 0 Å². The molecule has 1 atom stereocenters. The number of hydrogen-bond acceptors (Lipinski definition) is 2. The van der Waals surface area contributed by atoms with Crippen LogP contribution in [0.2, 0.25) is 0 Å². The van der Waals surface area contributed by atoms with Crippen molar-refractivity contribution in [2.75, 3.05) is 0 Å². The summed E-state index contributed by atoms with van der Waals surface area (Å²) < 4.78 is 1.04. The number of halogens is 1. The molecule has 0 bridgehead atoms. The van der Waals surface area contributed by atoms with Crippen molar-refractivity contribution in [3.8, 4) is 0 Å². The van der Waals surface area contributed by atoms with E-state index in [0.717, 1.165) is 22.2 Å². The number of rotatable bonds is 1. The van der Waals surface area contributed by atoms with Gasteiger partial charge in [-0.25, -0.2) is 5.01 Å². The third-order valence-corrected chi connectivity index (χ3v) is 3.88. The van der Waals surface area contributed by atoms with Crippen LogP contribution in [0.25, 0.3) is 0 Å². The normalized spacial score (nSPS) is 19.5. The summed E-state index contributed by atoms with van der Waals surface area (Å²) >= 11 is 3.43. The van der Waals surface area contributed by atoms with E-state index < -0.39 is 0 Å². The first-order valence-corrected chi connectivity index (χ1v) is 7.21. The number of hydrogen-bond donors (Lipinski definition) is 0. The van der Waals surface area contributed by atoms with E-state index in [9.17, 15) is 4.79 Å². The highest BCUT2D eigenvalue weighted by atomic mass is 79.9. The van der Waals surface area contributed by atoms with E-state index >= 15 is 0 Å². The smallest absolute Gasteiger partial charge is 0.240 e. The van der Waals surface area contributed by atoms with Crippen molar-refractivity contribution < 1.29 is 4.79 Å². The largest absolute Gasteiger partial charge is 0.273 e. The maximum absolute atomic E-state index is 11.8. The van der Waals surface area contributed by atoms with E-state index in [1.54, 1.807) is 11.9 Å². The molecule has 1 aromatic carbocycles. The third-order valence-electron chi connectivity index (χ3n) is 3.35. The van der Waals surface area contributed by atoms with Gasteiger partial charge in [-0.05, 0) is 17.7 Å². The summed E-state index contributed by atoms with van der Waals surface area (Å²) in [5, 5.41) is 6.14. The summed E-state index contributed by atoms with van der Waals surface area (Å²) in [5.41, 5.74) is 2.20. The Morgan fingerprint density at radius 3 is 2.37 bits per heavy atom. The molecule has 102 valence electrons. The van der Waals surface area contributed by atoms with Gasteiger partial charge in [0.2, 0.25) is 5.91 Å². The van der Waals surface area contributed by atoms with Gasteiger partial charge in [0.25, 0.3) is 0 Å². The molecule has 1 heterocycles. The van der Waals surface area contributed by atoms with Crippen LogP contribution in [0.15, 0.2) is 33.8 Å². The molecule has 0 fully saturated rings. The number of benzene rings is 1. The van der Waals surface area contributed by atoms with E-state index in [2.05, 4.69) is 41.8 Å². The Balaban J connectivity index is 2.32. The number of nitrogens with zero attached hydrogens (tertiary/aromatic N) is 2. The quantitative estimate of drug-likeness (QED) is 0.764. The second kappa shape index (κ2) is 5.08. The summed E-state index contributed by atoms with van der Waals surface area (Å²) in [6.07, 6.45) is 0.810. The Morgan fingerprint density at radius 1 is 1.32 bits per heavy atom. The van der Waals surface area contributed by atoms with Crippen LogP contribution in [-0.4, -0.2) is 16.6 Å². The molecule has 2 rings (SSSR count). The minimum atomic E-state index is -0.00725. The molecule has 0 aromatic heterocycles. The summed E-state index contributed by atoms with van der Waals surface area (Å²) in [5.74, 6) is -0.00725. The number of amides is 1. The fourth-order valence-electron chi connectivity index (χ4n) is 2.20. The van der Waals surface area contributed by atoms with Crippen LogP contribution in [0.5, 0.6) is 0 Å². The van der Waals surface area contributed by atoms with Crippen molar-refractivity contribution in [3.63, 3.8) is 0 Å². The molecule has 0 saturated carbocycles. The molecule has 0 spiro atoms. The number of carbonyl (C=O) groups excluding carboxylic acids is 1. The van der Waals surface area contributed by atoms with Crippen LogP contribution in [0.4, 0.5) is 0 Å². The van der Waals surface area contributed by atoms with E-state index in [1.807, 2.05) is 24.3 Å². The van der Waals surface area contributed by atoms with Gasteiger partial charge in [-0.1, -0.05) is 48.8 Å². The highest BCUT2D eigenvalue weighted by Crippen LogP contribution is 2.36. The van der Waals surface area contributed by atoms with E-state index in [-0.39, 0.29) is 17.4 Å². The van der Waals surface area contributed by atoms with E-state index in [1.165, 1.54) is 0 Å². The van der Waals surface area contributed by atoms with Crippen LogP contribution in [-0.2, 0) is 4.79 Å². The number of hydrazone groups is 1.